The minimum atomic E-state index is -0.0458. The van der Waals surface area contributed by atoms with Crippen LogP contribution in [0.15, 0.2) is 36.4 Å². The molecule has 0 saturated carbocycles. The van der Waals surface area contributed by atoms with E-state index in [1.54, 1.807) is 14.2 Å². The van der Waals surface area contributed by atoms with Crippen molar-refractivity contribution >= 4 is 16.8 Å². The van der Waals surface area contributed by atoms with Crippen molar-refractivity contribution < 1.29 is 14.3 Å². The second-order valence-electron chi connectivity index (χ2n) is 6.97. The van der Waals surface area contributed by atoms with E-state index in [0.717, 1.165) is 61.4 Å². The lowest BCUT2D eigenvalue weighted by atomic mass is 10.0. The lowest BCUT2D eigenvalue weighted by molar-refractivity contribution is 0.105. The van der Waals surface area contributed by atoms with Crippen molar-refractivity contribution in [2.75, 3.05) is 53.6 Å². The average Bonchev–Trinajstić information content (AvgIpc) is 2.71. The van der Waals surface area contributed by atoms with Crippen molar-refractivity contribution in [3.8, 4) is 5.75 Å². The highest BCUT2D eigenvalue weighted by Crippen LogP contribution is 2.24. The summed E-state index contributed by atoms with van der Waals surface area (Å²) < 4.78 is 10.4. The van der Waals surface area contributed by atoms with E-state index in [0.29, 0.717) is 0 Å². The van der Waals surface area contributed by atoms with Gasteiger partial charge in [-0.1, -0.05) is 18.2 Å². The highest BCUT2D eigenvalue weighted by molar-refractivity contribution is 5.85. The number of piperazine rings is 1. The van der Waals surface area contributed by atoms with Gasteiger partial charge in [0, 0.05) is 39.8 Å². The minimum absolute atomic E-state index is 0.00344. The van der Waals surface area contributed by atoms with Gasteiger partial charge in [0.15, 0.2) is 0 Å². The van der Waals surface area contributed by atoms with Gasteiger partial charge in [0.2, 0.25) is 0 Å². The van der Waals surface area contributed by atoms with Gasteiger partial charge < -0.3 is 19.7 Å². The molecule has 0 aromatic heterocycles. The van der Waals surface area contributed by atoms with Gasteiger partial charge in [-0.3, -0.25) is 4.90 Å². The number of ether oxygens (including phenoxy) is 2. The van der Waals surface area contributed by atoms with Gasteiger partial charge in [0.1, 0.15) is 5.75 Å². The molecule has 0 spiro atoms. The Labute approximate surface area is 161 Å². The Morgan fingerprint density at radius 1 is 1.07 bits per heavy atom. The number of fused-ring (bicyclic) bond motifs is 1. The van der Waals surface area contributed by atoms with Gasteiger partial charge in [0.05, 0.1) is 19.8 Å². The summed E-state index contributed by atoms with van der Waals surface area (Å²) in [4.78, 5) is 16.8. The Balaban J connectivity index is 1.57. The van der Waals surface area contributed by atoms with Gasteiger partial charge in [-0.05, 0) is 41.5 Å². The first-order valence-electron chi connectivity index (χ1n) is 9.45. The third-order valence-electron chi connectivity index (χ3n) is 5.18. The van der Waals surface area contributed by atoms with Gasteiger partial charge >= 0.3 is 6.03 Å². The maximum absolute atomic E-state index is 12.6. The van der Waals surface area contributed by atoms with E-state index < -0.39 is 0 Å². The van der Waals surface area contributed by atoms with Crippen molar-refractivity contribution in [2.45, 2.75) is 13.0 Å². The molecule has 1 aliphatic heterocycles. The van der Waals surface area contributed by atoms with Crippen molar-refractivity contribution in [3.63, 3.8) is 0 Å². The molecule has 27 heavy (non-hydrogen) atoms. The van der Waals surface area contributed by atoms with E-state index in [2.05, 4.69) is 28.4 Å². The summed E-state index contributed by atoms with van der Waals surface area (Å²) in [6.07, 6.45) is 0. The van der Waals surface area contributed by atoms with Crippen LogP contribution in [0.1, 0.15) is 18.5 Å². The van der Waals surface area contributed by atoms with E-state index in [4.69, 9.17) is 9.47 Å². The number of nitrogens with one attached hydrogen (secondary N) is 1. The normalized spacial score (nSPS) is 16.3. The Morgan fingerprint density at radius 2 is 1.78 bits per heavy atom. The van der Waals surface area contributed by atoms with Crippen LogP contribution in [0.25, 0.3) is 10.8 Å². The van der Waals surface area contributed by atoms with Crippen LogP contribution in [0.4, 0.5) is 4.79 Å². The smallest absolute Gasteiger partial charge is 0.317 e. The van der Waals surface area contributed by atoms with Crippen LogP contribution in [0.5, 0.6) is 5.75 Å². The van der Waals surface area contributed by atoms with E-state index in [9.17, 15) is 4.79 Å². The SMILES string of the molecule is COCCN1CCN(C(=O)N[C@@H](C)c2ccc3cc(OC)ccc3c2)CC1. The van der Waals surface area contributed by atoms with Crippen molar-refractivity contribution in [3.05, 3.63) is 42.0 Å². The summed E-state index contributed by atoms with van der Waals surface area (Å²) in [6.45, 7) is 6.96. The predicted molar refractivity (Wildman–Crippen MR) is 107 cm³/mol. The number of urea groups is 1. The molecule has 3 rings (SSSR count). The number of nitrogens with zero attached hydrogens (tertiary/aromatic N) is 2. The maximum atomic E-state index is 12.6. The summed E-state index contributed by atoms with van der Waals surface area (Å²) in [5.41, 5.74) is 1.10. The Morgan fingerprint density at radius 3 is 2.48 bits per heavy atom. The molecule has 0 unspecified atom stereocenters. The Bertz CT molecular complexity index is 772. The van der Waals surface area contributed by atoms with E-state index >= 15 is 0 Å². The van der Waals surface area contributed by atoms with Gasteiger partial charge in [0.25, 0.3) is 0 Å². The van der Waals surface area contributed by atoms with Crippen LogP contribution in [-0.4, -0.2) is 69.4 Å². The van der Waals surface area contributed by atoms with Crippen LogP contribution >= 0.6 is 0 Å². The van der Waals surface area contributed by atoms with Crippen LogP contribution in [0.2, 0.25) is 0 Å². The van der Waals surface area contributed by atoms with Gasteiger partial charge in [-0.15, -0.1) is 0 Å². The van der Waals surface area contributed by atoms with Crippen molar-refractivity contribution in [1.29, 1.82) is 0 Å². The second-order valence-corrected chi connectivity index (χ2v) is 6.97. The third kappa shape index (κ3) is 4.90. The van der Waals surface area contributed by atoms with Crippen LogP contribution < -0.4 is 10.1 Å². The zero-order chi connectivity index (χ0) is 19.2. The van der Waals surface area contributed by atoms with Crippen molar-refractivity contribution in [2.24, 2.45) is 0 Å². The fourth-order valence-corrected chi connectivity index (χ4v) is 3.39. The molecule has 6 nitrogen and oxygen atoms in total. The maximum Gasteiger partial charge on any atom is 0.317 e. The Kier molecular flexibility index (Phi) is 6.53. The third-order valence-corrected chi connectivity index (χ3v) is 5.18. The molecule has 1 aliphatic rings. The fraction of sp³-hybridized carbons (Fsp3) is 0.476. The molecule has 1 atom stereocenters. The van der Waals surface area contributed by atoms with Gasteiger partial charge in [-0.2, -0.15) is 0 Å². The number of hydrogen-bond acceptors (Lipinski definition) is 4. The molecule has 1 fully saturated rings. The number of rotatable bonds is 6. The molecule has 2 aromatic carbocycles. The minimum Gasteiger partial charge on any atom is -0.497 e. The number of carbonyl (C=O) groups excluding carboxylic acids is 1. The lowest BCUT2D eigenvalue weighted by Gasteiger charge is -2.35. The Hall–Kier alpha value is -2.31. The van der Waals surface area contributed by atoms with E-state index in [1.807, 2.05) is 30.0 Å². The first kappa shape index (κ1) is 19.5. The number of methoxy groups -OCH3 is 2. The summed E-state index contributed by atoms with van der Waals surface area (Å²) in [7, 11) is 3.39. The predicted octanol–water partition coefficient (Wildman–Crippen LogP) is 2.88. The first-order valence-corrected chi connectivity index (χ1v) is 9.45. The highest BCUT2D eigenvalue weighted by Gasteiger charge is 2.22. The summed E-state index contributed by atoms with van der Waals surface area (Å²) in [5.74, 6) is 0.848. The molecule has 1 saturated heterocycles. The number of benzene rings is 2. The molecule has 0 bridgehead atoms. The van der Waals surface area contributed by atoms with Crippen LogP contribution in [-0.2, 0) is 4.74 Å². The first-order chi connectivity index (χ1) is 13.1. The molecule has 0 radical (unpaired) electrons. The molecule has 2 amide bonds. The molecule has 146 valence electrons. The summed E-state index contributed by atoms with van der Waals surface area (Å²) in [5, 5.41) is 5.40. The zero-order valence-electron chi connectivity index (χ0n) is 16.4. The van der Waals surface area contributed by atoms with Crippen molar-refractivity contribution in [1.82, 2.24) is 15.1 Å². The standard InChI is InChI=1S/C21H29N3O3/c1-16(17-4-5-19-15-20(27-3)7-6-18(19)14-17)22-21(25)24-10-8-23(9-11-24)12-13-26-2/h4-7,14-16H,8-13H2,1-3H3,(H,22,25)/t16-/m0/s1. The molecular formula is C21H29N3O3. The molecule has 1 N–H and O–H groups in total. The molecule has 6 heteroatoms. The average molecular weight is 371 g/mol. The van der Waals surface area contributed by atoms with E-state index in [-0.39, 0.29) is 12.1 Å². The highest BCUT2D eigenvalue weighted by atomic mass is 16.5. The number of hydrogen-bond donors (Lipinski definition) is 1. The van der Waals surface area contributed by atoms with Crippen LogP contribution in [0, 0.1) is 0 Å². The summed E-state index contributed by atoms with van der Waals surface area (Å²) >= 11 is 0. The second kappa shape index (κ2) is 9.06. The molecular weight excluding hydrogens is 342 g/mol. The lowest BCUT2D eigenvalue weighted by Crippen LogP contribution is -2.52. The summed E-state index contributed by atoms with van der Waals surface area (Å²) in [6, 6.07) is 12.2. The fourth-order valence-electron chi connectivity index (χ4n) is 3.39. The molecule has 2 aromatic rings. The quantitative estimate of drug-likeness (QED) is 0.848. The van der Waals surface area contributed by atoms with Crippen LogP contribution in [0.3, 0.4) is 0 Å². The number of amides is 2. The van der Waals surface area contributed by atoms with E-state index in [1.165, 1.54) is 0 Å². The monoisotopic (exact) mass is 371 g/mol. The zero-order valence-corrected chi connectivity index (χ0v) is 16.4. The topological polar surface area (TPSA) is 54.0 Å². The number of carbonyl (C=O) groups is 1. The molecule has 1 heterocycles. The largest absolute Gasteiger partial charge is 0.497 e. The van der Waals surface area contributed by atoms with Gasteiger partial charge in [-0.25, -0.2) is 4.79 Å². The molecule has 0 aliphatic carbocycles.